The van der Waals surface area contributed by atoms with E-state index in [0.717, 1.165) is 78.2 Å². The minimum atomic E-state index is -0.609. The number of aromatic nitrogens is 4. The lowest BCUT2D eigenvalue weighted by Crippen LogP contribution is -2.18. The Kier molecular flexibility index (Phi) is 13.7. The first-order chi connectivity index (χ1) is 26.4. The van der Waals surface area contributed by atoms with Crippen molar-refractivity contribution < 1.29 is 37.2 Å². The van der Waals surface area contributed by atoms with Gasteiger partial charge in [-0.05, 0) is 38.5 Å². The lowest BCUT2D eigenvalue weighted by atomic mass is 10.1. The van der Waals surface area contributed by atoms with Gasteiger partial charge in [0.25, 0.3) is 11.1 Å². The van der Waals surface area contributed by atoms with Crippen molar-refractivity contribution >= 4 is 45.3 Å². The summed E-state index contributed by atoms with van der Waals surface area (Å²) in [5.74, 6) is 2.51. The van der Waals surface area contributed by atoms with Gasteiger partial charge < -0.3 is 38.4 Å². The highest BCUT2D eigenvalue weighted by molar-refractivity contribution is 7.99. The molecule has 2 aromatic heterocycles. The van der Waals surface area contributed by atoms with Crippen LogP contribution in [0.2, 0.25) is 0 Å². The van der Waals surface area contributed by atoms with Crippen LogP contribution in [0.1, 0.15) is 50.2 Å². The second-order valence-electron chi connectivity index (χ2n) is 14.0. The lowest BCUT2D eigenvalue weighted by molar-refractivity contribution is 0.0999. The fraction of sp³-hybridized carbons (Fsp3) is 0.579. The van der Waals surface area contributed by atoms with Crippen molar-refractivity contribution in [1.29, 1.82) is 0 Å². The largest absolute Gasteiger partial charge is 0.493 e. The molecule has 16 heteroatoms. The Morgan fingerprint density at radius 1 is 0.611 bits per heavy atom. The molecule has 4 aliphatic heterocycles. The summed E-state index contributed by atoms with van der Waals surface area (Å²) in [5.41, 5.74) is -0.232. The molecule has 0 radical (unpaired) electrons. The number of hydrogen-bond donors (Lipinski definition) is 2. The van der Waals surface area contributed by atoms with Crippen LogP contribution in [0.5, 0.6) is 11.5 Å². The Hall–Kier alpha value is -3.28. The first kappa shape index (κ1) is 39.0. The average Bonchev–Trinajstić information content (AvgIpc) is 3.91. The molecular formula is C38H46F2N4O8S2. The number of aromatic amines is 2. The van der Waals surface area contributed by atoms with Crippen molar-refractivity contribution in [3.8, 4) is 11.5 Å². The summed E-state index contributed by atoms with van der Waals surface area (Å²) in [5, 5.41) is 0.956. The maximum atomic E-state index is 14.4. The van der Waals surface area contributed by atoms with Gasteiger partial charge in [0.1, 0.15) is 45.6 Å². The van der Waals surface area contributed by atoms with Gasteiger partial charge in [0.2, 0.25) is 0 Å². The molecule has 2 N–H and O–H groups in total. The summed E-state index contributed by atoms with van der Waals surface area (Å²) in [6.07, 6.45) is 5.89. The monoisotopic (exact) mass is 788 g/mol. The van der Waals surface area contributed by atoms with Crippen LogP contribution in [0.4, 0.5) is 8.78 Å². The number of hydrogen-bond acceptors (Lipinski definition) is 12. The van der Waals surface area contributed by atoms with Crippen LogP contribution in [-0.2, 0) is 30.5 Å². The molecule has 0 amide bonds. The number of ether oxygens (including phenoxy) is 6. The van der Waals surface area contributed by atoms with Gasteiger partial charge >= 0.3 is 0 Å². The van der Waals surface area contributed by atoms with Crippen LogP contribution in [0.15, 0.2) is 33.9 Å². The number of H-pyrrole nitrogens is 2. The van der Waals surface area contributed by atoms with Gasteiger partial charge in [-0.2, -0.15) is 23.5 Å². The van der Waals surface area contributed by atoms with Crippen LogP contribution in [-0.4, -0.2) is 96.5 Å². The van der Waals surface area contributed by atoms with Crippen molar-refractivity contribution in [3.63, 3.8) is 0 Å². The molecule has 6 heterocycles. The molecule has 4 fully saturated rings. The first-order valence-corrected chi connectivity index (χ1v) is 20.7. The van der Waals surface area contributed by atoms with E-state index in [1.807, 2.05) is 0 Å². The highest BCUT2D eigenvalue weighted by Gasteiger charge is 2.21. The molecule has 0 saturated carbocycles. The van der Waals surface area contributed by atoms with Crippen LogP contribution in [0.3, 0.4) is 0 Å². The normalized spacial score (nSPS) is 21.0. The SMILES string of the molecule is O=c1[nH]c(CSC2CCOCC2)nc2cc(OC[C@@H]3CCOC3)cc(F)c12.O=c1[nH]c(CSC2CCOCC2)nc2cc(OC[C@H]3CCOC3)cc(F)c12. The van der Waals surface area contributed by atoms with E-state index in [9.17, 15) is 18.4 Å². The maximum Gasteiger partial charge on any atom is 0.261 e. The van der Waals surface area contributed by atoms with Crippen LogP contribution >= 0.6 is 23.5 Å². The van der Waals surface area contributed by atoms with Crippen LogP contribution in [0, 0.1) is 23.5 Å². The summed E-state index contributed by atoms with van der Waals surface area (Å²) in [6.45, 7) is 6.86. The van der Waals surface area contributed by atoms with Crippen LogP contribution in [0.25, 0.3) is 21.8 Å². The number of benzene rings is 2. The minimum Gasteiger partial charge on any atom is -0.493 e. The fourth-order valence-corrected chi connectivity index (χ4v) is 8.85. The minimum absolute atomic E-state index is 0.0219. The van der Waals surface area contributed by atoms with Crippen molar-refractivity contribution in [2.75, 3.05) is 66.1 Å². The third-order valence-electron chi connectivity index (χ3n) is 9.83. The average molecular weight is 789 g/mol. The fourth-order valence-electron chi connectivity index (χ4n) is 6.74. The second-order valence-corrected chi connectivity index (χ2v) is 16.5. The highest BCUT2D eigenvalue weighted by atomic mass is 32.2. The van der Waals surface area contributed by atoms with E-state index in [-0.39, 0.29) is 10.8 Å². The van der Waals surface area contributed by atoms with Crippen LogP contribution < -0.4 is 20.6 Å². The quantitative estimate of drug-likeness (QED) is 0.180. The van der Waals surface area contributed by atoms with E-state index in [2.05, 4.69) is 19.9 Å². The van der Waals surface area contributed by atoms with E-state index >= 15 is 0 Å². The second kappa shape index (κ2) is 19.0. The Balaban J connectivity index is 0.000000167. The third-order valence-corrected chi connectivity index (χ3v) is 12.6. The van der Waals surface area contributed by atoms with Gasteiger partial charge in [-0.25, -0.2) is 18.7 Å². The van der Waals surface area contributed by atoms with Gasteiger partial charge in [0.05, 0.1) is 49.0 Å². The molecule has 12 nitrogen and oxygen atoms in total. The van der Waals surface area contributed by atoms with Gasteiger partial charge in [-0.3, -0.25) is 9.59 Å². The summed E-state index contributed by atoms with van der Waals surface area (Å²) in [6, 6.07) is 5.80. The summed E-state index contributed by atoms with van der Waals surface area (Å²) in [4.78, 5) is 39.0. The molecule has 8 rings (SSSR count). The van der Waals surface area contributed by atoms with E-state index in [1.165, 1.54) is 12.1 Å². The molecule has 0 aliphatic carbocycles. The predicted molar refractivity (Wildman–Crippen MR) is 204 cm³/mol. The van der Waals surface area contributed by atoms with Crippen molar-refractivity contribution in [2.24, 2.45) is 11.8 Å². The zero-order valence-electron chi connectivity index (χ0n) is 30.1. The number of rotatable bonds is 12. The van der Waals surface area contributed by atoms with Crippen molar-refractivity contribution in [1.82, 2.24) is 19.9 Å². The standard InChI is InChI=1S/2C19H23FN2O4S/c2*20-15-7-13(26-10-12-1-4-25-9-12)8-16-18(15)19(23)22-17(21-16)11-27-14-2-5-24-6-3-14/h2*7-8,12,14H,1-6,9-11H2,(H,21,22,23)/t2*12-/m10/s1. The molecule has 2 aromatic carbocycles. The molecule has 2 atom stereocenters. The highest BCUT2D eigenvalue weighted by Crippen LogP contribution is 2.28. The molecule has 0 unspecified atom stereocenters. The molecule has 0 bridgehead atoms. The Morgan fingerprint density at radius 2 is 1.02 bits per heavy atom. The molecule has 4 aromatic rings. The number of halogens is 2. The number of thioether (sulfide) groups is 2. The van der Waals surface area contributed by atoms with E-state index in [0.29, 0.717) is 94.5 Å². The van der Waals surface area contributed by atoms with E-state index < -0.39 is 22.8 Å². The van der Waals surface area contributed by atoms with Crippen molar-refractivity contribution in [3.05, 3.63) is 68.3 Å². The van der Waals surface area contributed by atoms with Crippen molar-refractivity contribution in [2.45, 2.75) is 60.5 Å². The third kappa shape index (κ3) is 10.5. The Bertz CT molecular complexity index is 1840. The zero-order valence-corrected chi connectivity index (χ0v) is 31.7. The summed E-state index contributed by atoms with van der Waals surface area (Å²) < 4.78 is 61.7. The first-order valence-electron chi connectivity index (χ1n) is 18.6. The molecule has 292 valence electrons. The number of fused-ring (bicyclic) bond motifs is 2. The van der Waals surface area contributed by atoms with Gasteiger partial charge in [0.15, 0.2) is 0 Å². The number of nitrogens with zero attached hydrogens (tertiary/aromatic N) is 2. The summed E-state index contributed by atoms with van der Waals surface area (Å²) in [7, 11) is 0. The summed E-state index contributed by atoms with van der Waals surface area (Å²) >= 11 is 3.50. The maximum absolute atomic E-state index is 14.4. The molecule has 4 saturated heterocycles. The topological polar surface area (TPSA) is 147 Å². The molecule has 0 spiro atoms. The molecule has 54 heavy (non-hydrogen) atoms. The van der Waals surface area contributed by atoms with Gasteiger partial charge in [0, 0.05) is 86.2 Å². The Labute approximate surface area is 319 Å². The molecular weight excluding hydrogens is 743 g/mol. The predicted octanol–water partition coefficient (Wildman–Crippen LogP) is 5.78. The van der Waals surface area contributed by atoms with E-state index in [4.69, 9.17) is 28.4 Å². The number of nitrogens with one attached hydrogen (secondary N) is 2. The van der Waals surface area contributed by atoms with E-state index in [1.54, 1.807) is 35.7 Å². The molecule has 4 aliphatic rings. The smallest absolute Gasteiger partial charge is 0.261 e. The zero-order chi connectivity index (χ0) is 37.3. The Morgan fingerprint density at radius 3 is 1.41 bits per heavy atom. The lowest BCUT2D eigenvalue weighted by Gasteiger charge is -2.21. The van der Waals surface area contributed by atoms with Gasteiger partial charge in [-0.1, -0.05) is 0 Å². The van der Waals surface area contributed by atoms with Gasteiger partial charge in [-0.15, -0.1) is 0 Å².